The summed E-state index contributed by atoms with van der Waals surface area (Å²) >= 11 is 5.47. The lowest BCUT2D eigenvalue weighted by molar-refractivity contribution is 0.588. The van der Waals surface area contributed by atoms with E-state index < -0.39 is 21.6 Å². The zero-order valence-corrected chi connectivity index (χ0v) is 8.07. The van der Waals surface area contributed by atoms with Crippen LogP contribution in [-0.2, 0) is 15.8 Å². The summed E-state index contributed by atoms with van der Waals surface area (Å²) in [6, 6.07) is 3.75. The van der Waals surface area contributed by atoms with Crippen LogP contribution >= 0.6 is 11.6 Å². The van der Waals surface area contributed by atoms with E-state index in [1.807, 2.05) is 0 Å². The Morgan fingerprint density at radius 2 is 2.08 bits per heavy atom. The minimum Gasteiger partial charge on any atom is -0.228 e. The predicted molar refractivity (Wildman–Crippen MR) is 48.2 cm³/mol. The van der Waals surface area contributed by atoms with Crippen LogP contribution in [0.1, 0.15) is 5.56 Å². The highest BCUT2D eigenvalue weighted by Crippen LogP contribution is 2.15. The Hall–Kier alpha value is -0.650. The van der Waals surface area contributed by atoms with Crippen molar-refractivity contribution in [2.75, 3.05) is 0 Å². The molecule has 2 N–H and O–H groups in total. The van der Waals surface area contributed by atoms with Crippen molar-refractivity contribution in [3.05, 3.63) is 34.6 Å². The van der Waals surface area contributed by atoms with Crippen LogP contribution in [0.25, 0.3) is 0 Å². The Balaban J connectivity index is 3.04. The second-order valence-corrected chi connectivity index (χ2v) is 4.59. The Labute approximate surface area is 80.4 Å². The molecule has 0 aromatic heterocycles. The molecule has 0 unspecified atom stereocenters. The summed E-state index contributed by atoms with van der Waals surface area (Å²) in [7, 11) is -3.70. The van der Waals surface area contributed by atoms with Crippen LogP contribution < -0.4 is 5.14 Å². The summed E-state index contributed by atoms with van der Waals surface area (Å²) in [5, 5.41) is 4.97. The molecule has 6 heteroatoms. The van der Waals surface area contributed by atoms with E-state index in [1.54, 1.807) is 0 Å². The smallest absolute Gasteiger partial charge is 0.213 e. The first kappa shape index (κ1) is 10.4. The SMILES string of the molecule is NS(=O)(=O)Cc1ccc(Cl)cc1F. The van der Waals surface area contributed by atoms with Gasteiger partial charge in [0.2, 0.25) is 10.0 Å². The fraction of sp³-hybridized carbons (Fsp3) is 0.143. The molecule has 0 bridgehead atoms. The van der Waals surface area contributed by atoms with Gasteiger partial charge in [0, 0.05) is 10.6 Å². The standard InChI is InChI=1S/C7H7ClFNO2S/c8-6-2-1-5(7(9)3-6)4-13(10,11)12/h1-3H,4H2,(H2,10,11,12). The Morgan fingerprint density at radius 1 is 1.46 bits per heavy atom. The van der Waals surface area contributed by atoms with E-state index in [-0.39, 0.29) is 10.6 Å². The Bertz CT molecular complexity index is 419. The van der Waals surface area contributed by atoms with Crippen molar-refractivity contribution >= 4 is 21.6 Å². The predicted octanol–water partition coefficient (Wildman–Crippen LogP) is 1.27. The maximum absolute atomic E-state index is 13.0. The highest BCUT2D eigenvalue weighted by Gasteiger charge is 2.09. The molecule has 0 atom stereocenters. The van der Waals surface area contributed by atoms with Gasteiger partial charge in [-0.3, -0.25) is 0 Å². The van der Waals surface area contributed by atoms with Crippen molar-refractivity contribution in [2.45, 2.75) is 5.75 Å². The van der Waals surface area contributed by atoms with E-state index in [4.69, 9.17) is 16.7 Å². The molecule has 0 amide bonds. The van der Waals surface area contributed by atoms with Gasteiger partial charge in [-0.25, -0.2) is 17.9 Å². The van der Waals surface area contributed by atoms with Gasteiger partial charge in [-0.15, -0.1) is 0 Å². The first-order chi connectivity index (χ1) is 5.88. The van der Waals surface area contributed by atoms with Crippen molar-refractivity contribution in [1.29, 1.82) is 0 Å². The molecular formula is C7H7ClFNO2S. The monoisotopic (exact) mass is 223 g/mol. The van der Waals surface area contributed by atoms with E-state index in [0.717, 1.165) is 6.07 Å². The first-order valence-electron chi connectivity index (χ1n) is 3.33. The quantitative estimate of drug-likeness (QED) is 0.821. The van der Waals surface area contributed by atoms with Gasteiger partial charge in [0.25, 0.3) is 0 Å². The summed E-state index contributed by atoms with van der Waals surface area (Å²) in [5.41, 5.74) is 0.0203. The summed E-state index contributed by atoms with van der Waals surface area (Å²) in [6.45, 7) is 0. The van der Waals surface area contributed by atoms with Crippen LogP contribution in [0.2, 0.25) is 5.02 Å². The number of rotatable bonds is 2. The number of sulfonamides is 1. The Kier molecular flexibility index (Phi) is 2.90. The van der Waals surface area contributed by atoms with Crippen LogP contribution in [0, 0.1) is 5.82 Å². The van der Waals surface area contributed by atoms with E-state index >= 15 is 0 Å². The fourth-order valence-electron chi connectivity index (χ4n) is 0.855. The lowest BCUT2D eigenvalue weighted by Gasteiger charge is -2.00. The summed E-state index contributed by atoms with van der Waals surface area (Å²) in [6.07, 6.45) is 0. The van der Waals surface area contributed by atoms with Crippen LogP contribution in [0.5, 0.6) is 0 Å². The number of halogens is 2. The molecule has 0 aliphatic carbocycles. The van der Waals surface area contributed by atoms with Gasteiger partial charge in [0.1, 0.15) is 5.82 Å². The first-order valence-corrected chi connectivity index (χ1v) is 5.42. The van der Waals surface area contributed by atoms with Gasteiger partial charge < -0.3 is 0 Å². The highest BCUT2D eigenvalue weighted by molar-refractivity contribution is 7.88. The summed E-state index contributed by atoms with van der Waals surface area (Å²) < 4.78 is 34.2. The molecule has 3 nitrogen and oxygen atoms in total. The van der Waals surface area contributed by atoms with Crippen LogP contribution in [0.3, 0.4) is 0 Å². The molecule has 0 saturated heterocycles. The van der Waals surface area contributed by atoms with Crippen LogP contribution in [0.15, 0.2) is 18.2 Å². The largest absolute Gasteiger partial charge is 0.228 e. The minimum atomic E-state index is -3.70. The molecule has 13 heavy (non-hydrogen) atoms. The normalized spacial score (nSPS) is 11.6. The van der Waals surface area contributed by atoms with E-state index in [1.165, 1.54) is 12.1 Å². The third-order valence-electron chi connectivity index (χ3n) is 1.37. The molecule has 0 aliphatic rings. The van der Waals surface area contributed by atoms with E-state index in [9.17, 15) is 12.8 Å². The van der Waals surface area contributed by atoms with Crippen molar-refractivity contribution in [1.82, 2.24) is 0 Å². The van der Waals surface area contributed by atoms with Gasteiger partial charge in [-0.1, -0.05) is 17.7 Å². The lowest BCUT2D eigenvalue weighted by Crippen LogP contribution is -2.15. The number of hydrogen-bond donors (Lipinski definition) is 1. The maximum Gasteiger partial charge on any atom is 0.213 e. The number of primary sulfonamides is 1. The van der Waals surface area contributed by atoms with Crippen molar-refractivity contribution in [3.8, 4) is 0 Å². The molecule has 0 fully saturated rings. The van der Waals surface area contributed by atoms with Crippen LogP contribution in [-0.4, -0.2) is 8.42 Å². The third kappa shape index (κ3) is 3.30. The number of hydrogen-bond acceptors (Lipinski definition) is 2. The van der Waals surface area contributed by atoms with Crippen molar-refractivity contribution in [3.63, 3.8) is 0 Å². The highest BCUT2D eigenvalue weighted by atomic mass is 35.5. The average Bonchev–Trinajstić information content (AvgIpc) is 1.93. The molecule has 1 aromatic rings. The Morgan fingerprint density at radius 3 is 2.54 bits per heavy atom. The van der Waals surface area contributed by atoms with Crippen molar-refractivity contribution < 1.29 is 12.8 Å². The number of nitrogens with two attached hydrogens (primary N) is 1. The molecule has 1 rings (SSSR count). The molecule has 72 valence electrons. The van der Waals surface area contributed by atoms with Gasteiger partial charge in [0.15, 0.2) is 0 Å². The lowest BCUT2D eigenvalue weighted by atomic mass is 10.2. The molecule has 0 spiro atoms. The maximum atomic E-state index is 13.0. The molecule has 0 saturated carbocycles. The molecule has 0 aliphatic heterocycles. The van der Waals surface area contributed by atoms with E-state index in [2.05, 4.69) is 0 Å². The van der Waals surface area contributed by atoms with Gasteiger partial charge in [0.05, 0.1) is 5.75 Å². The summed E-state index contributed by atoms with van der Waals surface area (Å²) in [4.78, 5) is 0. The van der Waals surface area contributed by atoms with Gasteiger partial charge in [-0.2, -0.15) is 0 Å². The average molecular weight is 224 g/mol. The third-order valence-corrected chi connectivity index (χ3v) is 2.32. The minimum absolute atomic E-state index is 0.0203. The number of benzene rings is 1. The van der Waals surface area contributed by atoms with Gasteiger partial charge in [-0.05, 0) is 12.1 Å². The zero-order valence-electron chi connectivity index (χ0n) is 6.50. The fourth-order valence-corrected chi connectivity index (χ4v) is 1.68. The zero-order chi connectivity index (χ0) is 10.1. The molecular weight excluding hydrogens is 217 g/mol. The summed E-state index contributed by atoms with van der Waals surface area (Å²) in [5.74, 6) is -1.18. The molecule has 0 radical (unpaired) electrons. The topological polar surface area (TPSA) is 60.2 Å². The molecule has 0 heterocycles. The van der Waals surface area contributed by atoms with Crippen molar-refractivity contribution in [2.24, 2.45) is 5.14 Å². The van der Waals surface area contributed by atoms with Gasteiger partial charge >= 0.3 is 0 Å². The van der Waals surface area contributed by atoms with E-state index in [0.29, 0.717) is 0 Å². The van der Waals surface area contributed by atoms with Crippen LogP contribution in [0.4, 0.5) is 4.39 Å². The second kappa shape index (κ2) is 3.61. The second-order valence-electron chi connectivity index (χ2n) is 2.54. The molecule has 1 aromatic carbocycles.